The number of fused-ring (bicyclic) bond motifs is 2. The van der Waals surface area contributed by atoms with Crippen molar-refractivity contribution in [3.63, 3.8) is 0 Å². The molecular formula is C10H13N5O8S2. The predicted molar refractivity (Wildman–Crippen MR) is 77.9 cm³/mol. The number of sulfonamides is 1. The van der Waals surface area contributed by atoms with E-state index in [1.807, 2.05) is 4.72 Å². The molecule has 2 aliphatic heterocycles. The van der Waals surface area contributed by atoms with E-state index in [2.05, 4.69) is 13.7 Å². The quantitative estimate of drug-likeness (QED) is 0.317. The number of rotatable bonds is 5. The van der Waals surface area contributed by atoms with Crippen LogP contribution in [0.15, 0.2) is 22.1 Å². The topological polar surface area (TPSA) is 183 Å². The average molecular weight is 395 g/mol. The van der Waals surface area contributed by atoms with Gasteiger partial charge in [0, 0.05) is 6.54 Å². The minimum Gasteiger partial charge on any atom is -0.430 e. The van der Waals surface area contributed by atoms with Crippen molar-refractivity contribution >= 4 is 32.3 Å². The molecule has 13 nitrogen and oxygen atoms in total. The molecule has 0 aliphatic carbocycles. The van der Waals surface area contributed by atoms with Crippen LogP contribution in [0.4, 0.5) is 4.79 Å². The van der Waals surface area contributed by atoms with Gasteiger partial charge < -0.3 is 9.32 Å². The number of carbonyl (C=O) groups excluding carboxylic acids is 1. The normalized spacial score (nSPS) is 23.8. The molecule has 0 unspecified atom stereocenters. The summed E-state index contributed by atoms with van der Waals surface area (Å²) in [6.07, 6.45) is 2.31. The summed E-state index contributed by atoms with van der Waals surface area (Å²) in [5.41, 5.74) is 0. The SMILES string of the molecule is N=C(NS(=O)(=O)c1cnco1)[C@@H]1CC[C@@H]2CN1C(=O)N2OS(=O)(=O)O. The van der Waals surface area contributed by atoms with Gasteiger partial charge in [0.15, 0.2) is 6.39 Å². The number of hydroxylamine groups is 2. The van der Waals surface area contributed by atoms with Crippen molar-refractivity contribution in [3.05, 3.63) is 12.6 Å². The maximum atomic E-state index is 12.2. The molecule has 2 aliphatic rings. The van der Waals surface area contributed by atoms with Crippen LogP contribution < -0.4 is 4.72 Å². The van der Waals surface area contributed by atoms with Gasteiger partial charge in [-0.3, -0.25) is 14.7 Å². The number of piperidine rings is 1. The molecule has 0 radical (unpaired) electrons. The molecule has 2 saturated heterocycles. The number of urea groups is 1. The van der Waals surface area contributed by atoms with Crippen LogP contribution in [0.1, 0.15) is 12.8 Å². The largest absolute Gasteiger partial charge is 0.430 e. The van der Waals surface area contributed by atoms with Gasteiger partial charge in [-0.25, -0.2) is 9.78 Å². The highest BCUT2D eigenvalue weighted by Crippen LogP contribution is 2.31. The number of carbonyl (C=O) groups is 1. The van der Waals surface area contributed by atoms with Crippen molar-refractivity contribution in [2.24, 2.45) is 0 Å². The van der Waals surface area contributed by atoms with Crippen LogP contribution in [0.5, 0.6) is 0 Å². The first-order chi connectivity index (χ1) is 11.6. The summed E-state index contributed by atoms with van der Waals surface area (Å²) in [6.45, 7) is 0.0193. The van der Waals surface area contributed by atoms with Gasteiger partial charge in [0.1, 0.15) is 5.84 Å². The molecule has 2 bridgehead atoms. The Kier molecular flexibility index (Phi) is 4.18. The van der Waals surface area contributed by atoms with Crippen molar-refractivity contribution < 1.29 is 34.9 Å². The summed E-state index contributed by atoms with van der Waals surface area (Å²) in [4.78, 5) is 16.8. The highest BCUT2D eigenvalue weighted by atomic mass is 32.3. The van der Waals surface area contributed by atoms with Crippen LogP contribution in [-0.4, -0.2) is 66.8 Å². The summed E-state index contributed by atoms with van der Waals surface area (Å²) in [6, 6.07) is -2.46. The van der Waals surface area contributed by atoms with E-state index in [-0.39, 0.29) is 19.4 Å². The molecule has 0 spiro atoms. The van der Waals surface area contributed by atoms with Crippen molar-refractivity contribution in [2.75, 3.05) is 6.54 Å². The molecule has 138 valence electrons. The standard InChI is InChI=1S/C10H13N5O8S2/c11-9(13-24(17,18)8-3-12-5-22-8)7-2-1-6-4-14(7)10(16)15(6)23-25(19,20)21/h3,5-7H,1-2,4H2,(H2,11,13)(H,19,20,21)/t6-,7+/m1/s1. The first kappa shape index (κ1) is 17.6. The number of hydrogen-bond acceptors (Lipinski definition) is 9. The van der Waals surface area contributed by atoms with Crippen molar-refractivity contribution in [2.45, 2.75) is 30.0 Å². The second-order valence-corrected chi connectivity index (χ2v) is 7.97. The first-order valence-electron chi connectivity index (χ1n) is 6.85. The van der Waals surface area contributed by atoms with E-state index in [4.69, 9.17) is 9.96 Å². The lowest BCUT2D eigenvalue weighted by atomic mass is 10.0. The molecule has 0 aromatic carbocycles. The second-order valence-electron chi connectivity index (χ2n) is 5.35. The maximum absolute atomic E-state index is 12.2. The van der Waals surface area contributed by atoms with E-state index >= 15 is 0 Å². The number of hydrogen-bond donors (Lipinski definition) is 3. The van der Waals surface area contributed by atoms with Crippen LogP contribution in [0.2, 0.25) is 0 Å². The van der Waals surface area contributed by atoms with Crippen LogP contribution in [0.25, 0.3) is 0 Å². The van der Waals surface area contributed by atoms with Gasteiger partial charge in [-0.1, -0.05) is 0 Å². The van der Waals surface area contributed by atoms with Crippen LogP contribution in [0, 0.1) is 5.41 Å². The van der Waals surface area contributed by atoms with E-state index in [9.17, 15) is 21.6 Å². The summed E-state index contributed by atoms with van der Waals surface area (Å²) in [5, 5.41) is 7.97. The number of oxazole rings is 1. The highest BCUT2D eigenvalue weighted by molar-refractivity contribution is 7.89. The third kappa shape index (κ3) is 3.44. The van der Waals surface area contributed by atoms with Gasteiger partial charge in [-0.05, 0) is 12.8 Å². The van der Waals surface area contributed by atoms with Gasteiger partial charge in [-0.15, -0.1) is 4.28 Å². The molecule has 3 rings (SSSR count). The monoisotopic (exact) mass is 395 g/mol. The molecule has 1 aromatic heterocycles. The molecule has 2 atom stereocenters. The van der Waals surface area contributed by atoms with Crippen LogP contribution >= 0.6 is 0 Å². The highest BCUT2D eigenvalue weighted by Gasteiger charge is 2.48. The van der Waals surface area contributed by atoms with Crippen LogP contribution in [-0.2, 0) is 24.7 Å². The minimum absolute atomic E-state index is 0.0193. The average Bonchev–Trinajstić information content (AvgIpc) is 3.11. The van der Waals surface area contributed by atoms with Crippen molar-refractivity contribution in [1.82, 2.24) is 19.7 Å². The molecule has 2 amide bonds. The Labute approximate surface area is 142 Å². The molecular weight excluding hydrogens is 382 g/mol. The molecule has 15 heteroatoms. The van der Waals surface area contributed by atoms with E-state index in [0.29, 0.717) is 5.06 Å². The molecule has 25 heavy (non-hydrogen) atoms. The Balaban J connectivity index is 1.75. The Bertz CT molecular complexity index is 896. The van der Waals surface area contributed by atoms with E-state index in [1.165, 1.54) is 0 Å². The third-order valence-corrected chi connectivity index (χ3v) is 5.32. The number of nitrogens with zero attached hydrogens (tertiary/aromatic N) is 3. The number of aromatic nitrogens is 1. The summed E-state index contributed by atoms with van der Waals surface area (Å²) >= 11 is 0. The zero-order chi connectivity index (χ0) is 18.4. The summed E-state index contributed by atoms with van der Waals surface area (Å²) in [7, 11) is -9.05. The Morgan fingerprint density at radius 3 is 2.72 bits per heavy atom. The van der Waals surface area contributed by atoms with E-state index < -0.39 is 49.5 Å². The van der Waals surface area contributed by atoms with Crippen LogP contribution in [0.3, 0.4) is 0 Å². The summed E-state index contributed by atoms with van der Waals surface area (Å²) in [5.74, 6) is -0.489. The number of nitrogens with one attached hydrogen (secondary N) is 2. The zero-order valence-electron chi connectivity index (χ0n) is 12.4. The number of amidine groups is 1. The second kappa shape index (κ2) is 5.94. The lowest BCUT2D eigenvalue weighted by molar-refractivity contribution is -0.0316. The Morgan fingerprint density at radius 2 is 2.12 bits per heavy atom. The fourth-order valence-corrected chi connectivity index (χ4v) is 4.02. The Morgan fingerprint density at radius 1 is 1.40 bits per heavy atom. The van der Waals surface area contributed by atoms with E-state index in [0.717, 1.165) is 17.5 Å². The molecule has 3 N–H and O–H groups in total. The third-order valence-electron chi connectivity index (χ3n) is 3.75. The van der Waals surface area contributed by atoms with Gasteiger partial charge >= 0.3 is 16.4 Å². The molecule has 0 saturated carbocycles. The smallest absolute Gasteiger partial charge is 0.418 e. The van der Waals surface area contributed by atoms with Gasteiger partial charge in [0.05, 0.1) is 18.3 Å². The molecule has 2 fully saturated rings. The zero-order valence-corrected chi connectivity index (χ0v) is 14.0. The van der Waals surface area contributed by atoms with Gasteiger partial charge in [0.25, 0.3) is 15.1 Å². The lowest BCUT2D eigenvalue weighted by Gasteiger charge is -2.30. The maximum Gasteiger partial charge on any atom is 0.418 e. The number of amides is 2. The Hall–Kier alpha value is -2.23. The fourth-order valence-electron chi connectivity index (χ4n) is 2.73. The van der Waals surface area contributed by atoms with E-state index in [1.54, 1.807) is 0 Å². The van der Waals surface area contributed by atoms with Crippen molar-refractivity contribution in [1.29, 1.82) is 5.41 Å². The first-order valence-corrected chi connectivity index (χ1v) is 9.70. The molecule has 1 aromatic rings. The molecule has 3 heterocycles. The summed E-state index contributed by atoms with van der Waals surface area (Å²) < 4.78 is 65.4. The lowest BCUT2D eigenvalue weighted by Crippen LogP contribution is -2.50. The van der Waals surface area contributed by atoms with Crippen molar-refractivity contribution in [3.8, 4) is 0 Å². The van der Waals surface area contributed by atoms with Gasteiger partial charge in [0.2, 0.25) is 0 Å². The van der Waals surface area contributed by atoms with Gasteiger partial charge in [-0.2, -0.15) is 21.9 Å². The minimum atomic E-state index is -4.88. The fraction of sp³-hybridized carbons (Fsp3) is 0.500. The predicted octanol–water partition coefficient (Wildman–Crippen LogP) is -1.07.